The molecular weight excluding hydrogens is 248 g/mol. The first-order valence-electron chi connectivity index (χ1n) is 5.04. The fourth-order valence-electron chi connectivity index (χ4n) is 1.90. The molecule has 0 fully saturated rings. The molecule has 0 aromatic heterocycles. The lowest BCUT2D eigenvalue weighted by molar-refractivity contribution is 0.593. The maximum absolute atomic E-state index is 11.9. The van der Waals surface area contributed by atoms with Crippen LogP contribution < -0.4 is 10.0 Å². The maximum Gasteiger partial charge on any atom is 0.239 e. The zero-order valence-corrected chi connectivity index (χ0v) is 10.5. The molecule has 1 aromatic carbocycles. The van der Waals surface area contributed by atoms with Gasteiger partial charge < -0.3 is 5.73 Å². The Morgan fingerprint density at radius 2 is 2.19 bits per heavy atom. The van der Waals surface area contributed by atoms with Crippen molar-refractivity contribution < 1.29 is 8.42 Å². The van der Waals surface area contributed by atoms with Gasteiger partial charge in [-0.25, -0.2) is 8.42 Å². The summed E-state index contributed by atoms with van der Waals surface area (Å²) in [6.07, 6.45) is 0.740. The average Bonchev–Trinajstić information content (AvgIpc) is 2.47. The molecular formula is C10H13ClN2O2S. The first kappa shape index (κ1) is 11.5. The summed E-state index contributed by atoms with van der Waals surface area (Å²) in [4.78, 5) is 0. The molecule has 2 N–H and O–H groups in total. The smallest absolute Gasteiger partial charge is 0.239 e. The molecule has 2 rings (SSSR count). The van der Waals surface area contributed by atoms with E-state index in [4.69, 9.17) is 17.3 Å². The first-order chi connectivity index (χ1) is 7.47. The molecule has 1 aromatic rings. The summed E-state index contributed by atoms with van der Waals surface area (Å²) in [7, 11) is -3.28. The van der Waals surface area contributed by atoms with Crippen molar-refractivity contribution >= 4 is 33.0 Å². The second kappa shape index (κ2) is 3.82. The van der Waals surface area contributed by atoms with Crippen molar-refractivity contribution in [3.05, 3.63) is 22.7 Å². The number of benzene rings is 1. The number of nitrogens with two attached hydrogens (primary N) is 1. The molecule has 0 spiro atoms. The van der Waals surface area contributed by atoms with E-state index in [1.54, 1.807) is 12.1 Å². The van der Waals surface area contributed by atoms with Gasteiger partial charge in [0, 0.05) is 17.8 Å². The molecule has 1 aliphatic heterocycles. The number of hydrogen-bond donors (Lipinski definition) is 1. The van der Waals surface area contributed by atoms with Gasteiger partial charge in [0.1, 0.15) is 0 Å². The summed E-state index contributed by atoms with van der Waals surface area (Å²) in [5.41, 5.74) is 7.44. The van der Waals surface area contributed by atoms with E-state index in [0.717, 1.165) is 6.42 Å². The van der Waals surface area contributed by atoms with E-state index in [1.807, 2.05) is 6.92 Å². The minimum Gasteiger partial charge on any atom is -0.398 e. The molecule has 0 unspecified atom stereocenters. The third-order valence-electron chi connectivity index (χ3n) is 2.61. The monoisotopic (exact) mass is 260 g/mol. The molecule has 0 saturated heterocycles. The summed E-state index contributed by atoms with van der Waals surface area (Å²) in [5, 5.41) is 0.443. The summed E-state index contributed by atoms with van der Waals surface area (Å²) in [6, 6.07) is 3.28. The van der Waals surface area contributed by atoms with Crippen LogP contribution in [0.25, 0.3) is 0 Å². The number of rotatable bonds is 2. The van der Waals surface area contributed by atoms with Crippen LogP contribution in [-0.2, 0) is 15.8 Å². The number of hydrogen-bond acceptors (Lipinski definition) is 3. The van der Waals surface area contributed by atoms with E-state index < -0.39 is 10.0 Å². The highest BCUT2D eigenvalue weighted by Gasteiger charge is 2.35. The number of halogens is 1. The van der Waals surface area contributed by atoms with Crippen molar-refractivity contribution in [2.24, 2.45) is 0 Å². The molecule has 88 valence electrons. The van der Waals surface area contributed by atoms with Crippen molar-refractivity contribution in [1.29, 1.82) is 0 Å². The molecule has 16 heavy (non-hydrogen) atoms. The molecule has 4 nitrogen and oxygen atoms in total. The van der Waals surface area contributed by atoms with Crippen molar-refractivity contribution in [2.45, 2.75) is 19.1 Å². The van der Waals surface area contributed by atoms with Crippen LogP contribution in [0.2, 0.25) is 5.02 Å². The third kappa shape index (κ3) is 1.64. The van der Waals surface area contributed by atoms with Crippen molar-refractivity contribution in [3.63, 3.8) is 0 Å². The number of fused-ring (bicyclic) bond motifs is 1. The second-order valence-electron chi connectivity index (χ2n) is 3.79. The van der Waals surface area contributed by atoms with Crippen LogP contribution >= 0.6 is 11.6 Å². The zero-order chi connectivity index (χ0) is 11.9. The molecule has 0 aliphatic carbocycles. The highest BCUT2D eigenvalue weighted by atomic mass is 35.5. The van der Waals surface area contributed by atoms with Gasteiger partial charge in [-0.15, -0.1) is 0 Å². The second-order valence-corrected chi connectivity index (χ2v) is 6.09. The number of anilines is 2. The van der Waals surface area contributed by atoms with Gasteiger partial charge in [-0.05, 0) is 18.6 Å². The van der Waals surface area contributed by atoms with E-state index in [2.05, 4.69) is 0 Å². The molecule has 0 atom stereocenters. The number of nitrogens with zero attached hydrogens (tertiary/aromatic N) is 1. The van der Waals surface area contributed by atoms with Crippen LogP contribution in [0.4, 0.5) is 11.4 Å². The topological polar surface area (TPSA) is 63.4 Å². The molecule has 6 heteroatoms. The molecule has 0 amide bonds. The fourth-order valence-corrected chi connectivity index (χ4v) is 4.00. The van der Waals surface area contributed by atoms with Gasteiger partial charge in [-0.2, -0.15) is 0 Å². The number of nitrogen functional groups attached to an aromatic ring is 1. The largest absolute Gasteiger partial charge is 0.398 e. The Morgan fingerprint density at radius 3 is 2.81 bits per heavy atom. The third-order valence-corrected chi connectivity index (χ3v) is 4.60. The molecule has 0 bridgehead atoms. The fraction of sp³-hybridized carbons (Fsp3) is 0.400. The van der Waals surface area contributed by atoms with Gasteiger partial charge >= 0.3 is 0 Å². The molecule has 1 heterocycles. The Bertz CT molecular complexity index is 528. The first-order valence-corrected chi connectivity index (χ1v) is 7.03. The Hall–Kier alpha value is -0.940. The van der Waals surface area contributed by atoms with Gasteiger partial charge in [0.05, 0.1) is 16.5 Å². The predicted octanol–water partition coefficient (Wildman–Crippen LogP) is 1.98. The molecule has 0 saturated carbocycles. The molecule has 0 radical (unpaired) electrons. The van der Waals surface area contributed by atoms with E-state index >= 15 is 0 Å². The van der Waals surface area contributed by atoms with Gasteiger partial charge in [0.2, 0.25) is 10.0 Å². The Morgan fingerprint density at radius 1 is 1.50 bits per heavy atom. The SMILES string of the molecule is CCCN1c2c(Cl)ccc(N)c2CS1(=O)=O. The summed E-state index contributed by atoms with van der Waals surface area (Å²) >= 11 is 6.04. The van der Waals surface area contributed by atoms with Crippen LogP contribution in [0.15, 0.2) is 12.1 Å². The van der Waals surface area contributed by atoms with Crippen molar-refractivity contribution in [2.75, 3.05) is 16.6 Å². The van der Waals surface area contributed by atoms with Gasteiger partial charge in [0.15, 0.2) is 0 Å². The Balaban J connectivity index is 2.63. The van der Waals surface area contributed by atoms with Crippen molar-refractivity contribution in [3.8, 4) is 0 Å². The standard InChI is InChI=1S/C10H13ClN2O2S/c1-2-5-13-10-7(6-16(13,14)15)9(12)4-3-8(10)11/h3-4H,2,5-6,12H2,1H3. The summed E-state index contributed by atoms with van der Waals surface area (Å²) in [5.74, 6) is -0.0469. The lowest BCUT2D eigenvalue weighted by Gasteiger charge is -2.18. The van der Waals surface area contributed by atoms with E-state index in [-0.39, 0.29) is 5.75 Å². The highest BCUT2D eigenvalue weighted by Crippen LogP contribution is 2.42. The van der Waals surface area contributed by atoms with Crippen LogP contribution in [-0.4, -0.2) is 15.0 Å². The minimum absolute atomic E-state index is 0.0469. The Kier molecular flexibility index (Phi) is 2.75. The summed E-state index contributed by atoms with van der Waals surface area (Å²) in [6.45, 7) is 2.37. The maximum atomic E-state index is 11.9. The van der Waals surface area contributed by atoms with E-state index in [9.17, 15) is 8.42 Å². The van der Waals surface area contributed by atoms with E-state index in [1.165, 1.54) is 4.31 Å². The number of sulfonamides is 1. The average molecular weight is 261 g/mol. The highest BCUT2D eigenvalue weighted by molar-refractivity contribution is 7.92. The predicted molar refractivity (Wildman–Crippen MR) is 66.1 cm³/mol. The van der Waals surface area contributed by atoms with Gasteiger partial charge in [-0.1, -0.05) is 18.5 Å². The molecule has 1 aliphatic rings. The summed E-state index contributed by atoms with van der Waals surface area (Å²) < 4.78 is 25.2. The van der Waals surface area contributed by atoms with Crippen LogP contribution in [0.3, 0.4) is 0 Å². The van der Waals surface area contributed by atoms with Gasteiger partial charge in [-0.3, -0.25) is 4.31 Å². The van der Waals surface area contributed by atoms with Crippen LogP contribution in [0, 0.1) is 0 Å². The normalized spacial score (nSPS) is 17.5. The lowest BCUT2D eigenvalue weighted by Crippen LogP contribution is -2.27. The van der Waals surface area contributed by atoms with E-state index in [0.29, 0.717) is 28.5 Å². The van der Waals surface area contributed by atoms with Crippen LogP contribution in [0.5, 0.6) is 0 Å². The van der Waals surface area contributed by atoms with Crippen molar-refractivity contribution in [1.82, 2.24) is 0 Å². The lowest BCUT2D eigenvalue weighted by atomic mass is 10.1. The minimum atomic E-state index is -3.28. The Labute approximate surface area is 100 Å². The van der Waals surface area contributed by atoms with Crippen LogP contribution in [0.1, 0.15) is 18.9 Å². The zero-order valence-electron chi connectivity index (χ0n) is 8.90. The van der Waals surface area contributed by atoms with Gasteiger partial charge in [0.25, 0.3) is 0 Å². The quantitative estimate of drug-likeness (QED) is 0.827.